The van der Waals surface area contributed by atoms with Gasteiger partial charge in [-0.3, -0.25) is 5.41 Å². The van der Waals surface area contributed by atoms with E-state index in [0.29, 0.717) is 5.56 Å². The number of aliphatic hydroxyl groups is 1. The number of hydrogen-bond donors (Lipinski definition) is 4. The minimum absolute atomic E-state index is 0.0166. The van der Waals surface area contributed by atoms with Crippen LogP contribution in [0.1, 0.15) is 5.56 Å². The number of amidine groups is 1. The largest absolute Gasteiger partial charge is 0.390 e. The Morgan fingerprint density at radius 2 is 1.76 bits per heavy atom. The number of benzene rings is 3. The minimum atomic E-state index is -3.72. The van der Waals surface area contributed by atoms with Gasteiger partial charge < -0.3 is 16.2 Å². The number of fused-ring (bicyclic) bond motifs is 1. The zero-order valence-corrected chi connectivity index (χ0v) is 16.9. The van der Waals surface area contributed by atoms with Crippen LogP contribution in [-0.2, 0) is 10.0 Å². The van der Waals surface area contributed by atoms with Gasteiger partial charge in [0.25, 0.3) is 0 Å². The number of nitrogens with zero attached hydrogens (tertiary/aromatic N) is 1. The molecule has 1 unspecified atom stereocenters. The van der Waals surface area contributed by atoms with Crippen LogP contribution in [0, 0.1) is 5.41 Å². The SMILES string of the molecule is CN(CC(O)CNc1ccc(C(=N)N)cc1)S(=O)(=O)c1ccc2ccccc2c1. The molecule has 152 valence electrons. The van der Waals surface area contributed by atoms with Crippen molar-refractivity contribution in [3.63, 3.8) is 0 Å². The normalized spacial score (nSPS) is 12.8. The summed E-state index contributed by atoms with van der Waals surface area (Å²) in [5, 5.41) is 22.5. The van der Waals surface area contributed by atoms with Crippen LogP contribution in [0.5, 0.6) is 0 Å². The molecule has 0 heterocycles. The van der Waals surface area contributed by atoms with Gasteiger partial charge in [-0.2, -0.15) is 4.31 Å². The zero-order valence-electron chi connectivity index (χ0n) is 16.0. The Morgan fingerprint density at radius 3 is 2.41 bits per heavy atom. The van der Waals surface area contributed by atoms with E-state index in [4.69, 9.17) is 11.1 Å². The monoisotopic (exact) mass is 412 g/mol. The average Bonchev–Trinajstić information content (AvgIpc) is 2.72. The second-order valence-electron chi connectivity index (χ2n) is 6.82. The Bertz CT molecular complexity index is 1110. The van der Waals surface area contributed by atoms with Crippen LogP contribution >= 0.6 is 0 Å². The fourth-order valence-corrected chi connectivity index (χ4v) is 4.21. The molecule has 0 aliphatic heterocycles. The van der Waals surface area contributed by atoms with E-state index in [9.17, 15) is 13.5 Å². The van der Waals surface area contributed by atoms with Crippen molar-refractivity contribution in [2.24, 2.45) is 5.73 Å². The Balaban J connectivity index is 1.62. The average molecular weight is 413 g/mol. The lowest BCUT2D eigenvalue weighted by Crippen LogP contribution is -2.37. The van der Waals surface area contributed by atoms with Gasteiger partial charge in [-0.1, -0.05) is 30.3 Å². The van der Waals surface area contributed by atoms with E-state index in [-0.39, 0.29) is 23.8 Å². The van der Waals surface area contributed by atoms with E-state index in [1.165, 1.54) is 7.05 Å². The number of anilines is 1. The summed E-state index contributed by atoms with van der Waals surface area (Å²) < 4.78 is 26.9. The quantitative estimate of drug-likeness (QED) is 0.334. The summed E-state index contributed by atoms with van der Waals surface area (Å²) in [6, 6.07) is 19.5. The molecule has 1 atom stereocenters. The molecule has 3 aromatic rings. The highest BCUT2D eigenvalue weighted by molar-refractivity contribution is 7.89. The van der Waals surface area contributed by atoms with Crippen LogP contribution in [0.15, 0.2) is 71.6 Å². The van der Waals surface area contributed by atoms with Crippen LogP contribution in [-0.4, -0.2) is 49.9 Å². The van der Waals surface area contributed by atoms with E-state index in [1.54, 1.807) is 42.5 Å². The second kappa shape index (κ2) is 8.60. The Morgan fingerprint density at radius 1 is 1.10 bits per heavy atom. The fourth-order valence-electron chi connectivity index (χ4n) is 2.97. The topological polar surface area (TPSA) is 120 Å². The fraction of sp³-hybridized carbons (Fsp3) is 0.190. The lowest BCUT2D eigenvalue weighted by atomic mass is 10.1. The van der Waals surface area contributed by atoms with E-state index in [0.717, 1.165) is 20.8 Å². The number of nitrogens with two attached hydrogens (primary N) is 1. The van der Waals surface area contributed by atoms with Gasteiger partial charge in [-0.25, -0.2) is 8.42 Å². The molecule has 0 spiro atoms. The Labute approximate surface area is 170 Å². The van der Waals surface area contributed by atoms with Crippen LogP contribution in [0.2, 0.25) is 0 Å². The van der Waals surface area contributed by atoms with Gasteiger partial charge in [0.15, 0.2) is 0 Å². The molecule has 0 radical (unpaired) electrons. The number of sulfonamides is 1. The number of likely N-dealkylation sites (N-methyl/N-ethyl adjacent to an activating group) is 1. The van der Waals surface area contributed by atoms with E-state index >= 15 is 0 Å². The summed E-state index contributed by atoms with van der Waals surface area (Å²) in [5.41, 5.74) is 6.77. The maximum absolute atomic E-state index is 12.8. The minimum Gasteiger partial charge on any atom is -0.390 e. The predicted molar refractivity (Wildman–Crippen MR) is 116 cm³/mol. The molecular weight excluding hydrogens is 388 g/mol. The molecule has 0 aromatic heterocycles. The van der Waals surface area contributed by atoms with Crippen molar-refractivity contribution < 1.29 is 13.5 Å². The molecule has 0 amide bonds. The van der Waals surface area contributed by atoms with Crippen LogP contribution in [0.4, 0.5) is 5.69 Å². The molecule has 0 saturated heterocycles. The summed E-state index contributed by atoms with van der Waals surface area (Å²) in [5.74, 6) is -0.0166. The van der Waals surface area contributed by atoms with Gasteiger partial charge in [0.05, 0.1) is 11.0 Å². The standard InChI is InChI=1S/C21H24N4O3S/c1-25(14-19(26)13-24-18-9-6-16(7-10-18)21(22)23)29(27,28)20-11-8-15-4-2-3-5-17(15)12-20/h2-12,19,24,26H,13-14H2,1H3,(H3,22,23). The van der Waals surface area contributed by atoms with E-state index < -0.39 is 16.1 Å². The van der Waals surface area contributed by atoms with Crippen LogP contribution in [0.25, 0.3) is 10.8 Å². The second-order valence-corrected chi connectivity index (χ2v) is 8.87. The molecule has 8 heteroatoms. The van der Waals surface area contributed by atoms with E-state index in [1.807, 2.05) is 24.3 Å². The zero-order chi connectivity index (χ0) is 21.0. The van der Waals surface area contributed by atoms with E-state index in [2.05, 4.69) is 5.32 Å². The van der Waals surface area contributed by atoms with Gasteiger partial charge in [0.1, 0.15) is 5.84 Å². The highest BCUT2D eigenvalue weighted by atomic mass is 32.2. The van der Waals surface area contributed by atoms with Crippen molar-refractivity contribution in [3.05, 3.63) is 72.3 Å². The summed E-state index contributed by atoms with van der Waals surface area (Å²) in [7, 11) is -2.26. The number of aliphatic hydroxyl groups excluding tert-OH is 1. The molecule has 0 fully saturated rings. The van der Waals surface area contributed by atoms with Gasteiger partial charge >= 0.3 is 0 Å². The van der Waals surface area contributed by atoms with Gasteiger partial charge in [0.2, 0.25) is 10.0 Å². The molecular formula is C21H24N4O3S. The van der Waals surface area contributed by atoms with Crippen molar-refractivity contribution in [2.45, 2.75) is 11.0 Å². The number of hydrogen-bond acceptors (Lipinski definition) is 5. The van der Waals surface area contributed by atoms with Gasteiger partial charge in [-0.15, -0.1) is 0 Å². The molecule has 0 aliphatic rings. The maximum Gasteiger partial charge on any atom is 0.242 e. The molecule has 3 rings (SSSR count). The number of rotatable bonds is 8. The van der Waals surface area contributed by atoms with Gasteiger partial charge in [-0.05, 0) is 47.2 Å². The third-order valence-electron chi connectivity index (χ3n) is 4.63. The summed E-state index contributed by atoms with van der Waals surface area (Å²) >= 11 is 0. The molecule has 0 saturated carbocycles. The highest BCUT2D eigenvalue weighted by Crippen LogP contribution is 2.21. The van der Waals surface area contributed by atoms with Crippen molar-refractivity contribution in [3.8, 4) is 0 Å². The smallest absolute Gasteiger partial charge is 0.242 e. The summed E-state index contributed by atoms with van der Waals surface area (Å²) in [6.07, 6.45) is -0.900. The van der Waals surface area contributed by atoms with Crippen molar-refractivity contribution >= 4 is 32.3 Å². The maximum atomic E-state index is 12.8. The number of nitrogens with one attached hydrogen (secondary N) is 2. The molecule has 5 N–H and O–H groups in total. The lowest BCUT2D eigenvalue weighted by molar-refractivity contribution is 0.164. The molecule has 7 nitrogen and oxygen atoms in total. The van der Waals surface area contributed by atoms with Crippen LogP contribution in [0.3, 0.4) is 0 Å². The lowest BCUT2D eigenvalue weighted by Gasteiger charge is -2.21. The molecule has 0 aliphatic carbocycles. The first kappa shape index (κ1) is 20.8. The predicted octanol–water partition coefficient (Wildman–Crippen LogP) is 2.22. The Kier molecular flexibility index (Phi) is 6.17. The third kappa shape index (κ3) is 4.92. The highest BCUT2D eigenvalue weighted by Gasteiger charge is 2.23. The first-order chi connectivity index (χ1) is 13.8. The molecule has 29 heavy (non-hydrogen) atoms. The third-order valence-corrected chi connectivity index (χ3v) is 6.45. The molecule has 3 aromatic carbocycles. The van der Waals surface area contributed by atoms with Crippen molar-refractivity contribution in [1.82, 2.24) is 4.31 Å². The Hall–Kier alpha value is -2.94. The summed E-state index contributed by atoms with van der Waals surface area (Å²) in [6.45, 7) is 0.130. The first-order valence-electron chi connectivity index (χ1n) is 9.09. The molecule has 0 bridgehead atoms. The number of nitrogen functional groups attached to an aromatic ring is 1. The summed E-state index contributed by atoms with van der Waals surface area (Å²) in [4.78, 5) is 0.193. The first-order valence-corrected chi connectivity index (χ1v) is 10.5. The van der Waals surface area contributed by atoms with Gasteiger partial charge in [0, 0.05) is 31.4 Å². The van der Waals surface area contributed by atoms with Crippen LogP contribution < -0.4 is 11.1 Å². The van der Waals surface area contributed by atoms with Crippen molar-refractivity contribution in [2.75, 3.05) is 25.5 Å². The van der Waals surface area contributed by atoms with Crippen molar-refractivity contribution in [1.29, 1.82) is 5.41 Å².